The first kappa shape index (κ1) is 34.1. The van der Waals surface area contributed by atoms with E-state index in [0.29, 0.717) is 82.2 Å². The second-order valence-corrected chi connectivity index (χ2v) is 13.2. The van der Waals surface area contributed by atoms with Gasteiger partial charge in [-0.15, -0.1) is 0 Å². The predicted molar refractivity (Wildman–Crippen MR) is 161 cm³/mol. The van der Waals surface area contributed by atoms with Gasteiger partial charge in [-0.2, -0.15) is 0 Å². The third-order valence-corrected chi connectivity index (χ3v) is 7.81. The van der Waals surface area contributed by atoms with Crippen molar-refractivity contribution in [2.75, 3.05) is 51.8 Å². The van der Waals surface area contributed by atoms with Gasteiger partial charge in [0.2, 0.25) is 5.91 Å². The number of anilines is 1. The molecule has 2 fully saturated rings. The Balaban J connectivity index is 0.00000103. The van der Waals surface area contributed by atoms with E-state index in [1.54, 1.807) is 13.3 Å². The molecule has 0 radical (unpaired) electrons. The van der Waals surface area contributed by atoms with Crippen molar-refractivity contribution < 1.29 is 19.4 Å². The number of hydrogen-bond donors (Lipinski definition) is 3. The second kappa shape index (κ2) is 15.8. The van der Waals surface area contributed by atoms with Crippen LogP contribution in [0.4, 0.5) is 5.82 Å². The molecular formula is C31H55N5O4. The molecule has 1 aromatic heterocycles. The minimum absolute atomic E-state index is 0.00591. The van der Waals surface area contributed by atoms with Gasteiger partial charge in [0.1, 0.15) is 11.6 Å². The summed E-state index contributed by atoms with van der Waals surface area (Å²) in [5.41, 5.74) is -0.411. The van der Waals surface area contributed by atoms with Crippen LogP contribution in [0.2, 0.25) is 0 Å². The van der Waals surface area contributed by atoms with Crippen LogP contribution < -0.4 is 10.6 Å². The molecule has 9 heteroatoms. The van der Waals surface area contributed by atoms with Gasteiger partial charge in [0.25, 0.3) is 0 Å². The van der Waals surface area contributed by atoms with Gasteiger partial charge in [-0.1, -0.05) is 48.0 Å². The summed E-state index contributed by atoms with van der Waals surface area (Å²) in [6, 6.07) is 0. The fourth-order valence-corrected chi connectivity index (χ4v) is 4.72. The largest absolute Gasteiger partial charge is 0.390 e. The molecule has 0 aliphatic carbocycles. The summed E-state index contributed by atoms with van der Waals surface area (Å²) in [5.74, 6) is 2.20. The number of Topliss-reactive ketones (excluding diaryl/α,β-unsaturated/α-hetero) is 1. The molecule has 0 spiro atoms. The average molecular weight is 562 g/mol. The van der Waals surface area contributed by atoms with E-state index >= 15 is 0 Å². The molecule has 3 rings (SSSR count). The number of ketones is 1. The summed E-state index contributed by atoms with van der Waals surface area (Å²) in [5, 5.41) is 16.9. The van der Waals surface area contributed by atoms with E-state index < -0.39 is 5.60 Å². The summed E-state index contributed by atoms with van der Waals surface area (Å²) in [7, 11) is 1.67. The Bertz CT molecular complexity index is 934. The first-order chi connectivity index (χ1) is 18.8. The lowest BCUT2D eigenvalue weighted by Gasteiger charge is -2.39. The van der Waals surface area contributed by atoms with Gasteiger partial charge in [0.15, 0.2) is 5.78 Å². The molecule has 2 aliphatic rings. The van der Waals surface area contributed by atoms with Crippen LogP contribution in [0, 0.1) is 17.8 Å². The lowest BCUT2D eigenvalue weighted by molar-refractivity contribution is -0.140. The van der Waals surface area contributed by atoms with E-state index in [2.05, 4.69) is 36.4 Å². The van der Waals surface area contributed by atoms with E-state index in [0.717, 1.165) is 12.3 Å². The number of piperidine rings is 2. The van der Waals surface area contributed by atoms with Crippen molar-refractivity contribution in [1.82, 2.24) is 20.2 Å². The van der Waals surface area contributed by atoms with Gasteiger partial charge < -0.3 is 25.4 Å². The Morgan fingerprint density at radius 1 is 1.25 bits per heavy atom. The number of likely N-dealkylation sites (tertiary alicyclic amines) is 1. The molecule has 2 atom stereocenters. The number of hydrogen-bond acceptors (Lipinski definition) is 8. The van der Waals surface area contributed by atoms with Gasteiger partial charge in [0, 0.05) is 57.9 Å². The predicted octanol–water partition coefficient (Wildman–Crippen LogP) is 4.45. The topological polar surface area (TPSA) is 117 Å². The van der Waals surface area contributed by atoms with Crippen molar-refractivity contribution in [1.29, 1.82) is 0 Å². The SMILES string of the molecule is CCC(C)C.COCCCNc1nc(C(C)(C)C)ncc1C(=O)CC1CNCC(C(=O)N2CCC(C)(O)CC2)C1. The molecule has 2 saturated heterocycles. The molecule has 3 heterocycles. The van der Waals surface area contributed by atoms with Crippen LogP contribution in [0.3, 0.4) is 0 Å². The van der Waals surface area contributed by atoms with Crippen LogP contribution in [-0.2, 0) is 14.9 Å². The number of nitrogens with zero attached hydrogens (tertiary/aromatic N) is 3. The number of ether oxygens (including phenoxy) is 1. The number of amides is 1. The first-order valence-electron chi connectivity index (χ1n) is 15.1. The van der Waals surface area contributed by atoms with Crippen molar-refractivity contribution in [3.8, 4) is 0 Å². The smallest absolute Gasteiger partial charge is 0.226 e. The van der Waals surface area contributed by atoms with Crippen LogP contribution in [0.15, 0.2) is 6.20 Å². The number of aromatic nitrogens is 2. The van der Waals surface area contributed by atoms with Crippen molar-refractivity contribution >= 4 is 17.5 Å². The van der Waals surface area contributed by atoms with E-state index in [4.69, 9.17) is 9.72 Å². The second-order valence-electron chi connectivity index (χ2n) is 13.2. The monoisotopic (exact) mass is 561 g/mol. The molecule has 9 nitrogen and oxygen atoms in total. The molecule has 0 bridgehead atoms. The summed E-state index contributed by atoms with van der Waals surface area (Å²) in [6.45, 7) is 18.4. The van der Waals surface area contributed by atoms with Crippen LogP contribution in [0.5, 0.6) is 0 Å². The number of methoxy groups -OCH3 is 1. The first-order valence-corrected chi connectivity index (χ1v) is 15.1. The summed E-state index contributed by atoms with van der Waals surface area (Å²) < 4.78 is 5.13. The van der Waals surface area contributed by atoms with Gasteiger partial charge >= 0.3 is 0 Å². The van der Waals surface area contributed by atoms with E-state index in [9.17, 15) is 14.7 Å². The highest BCUT2D eigenvalue weighted by Crippen LogP contribution is 2.28. The van der Waals surface area contributed by atoms with E-state index in [1.165, 1.54) is 6.42 Å². The molecule has 0 saturated carbocycles. The normalized spacial score (nSPS) is 21.0. The Morgan fingerprint density at radius 3 is 2.48 bits per heavy atom. The Hall–Kier alpha value is -2.10. The molecule has 2 aliphatic heterocycles. The average Bonchev–Trinajstić information content (AvgIpc) is 2.90. The van der Waals surface area contributed by atoms with Crippen LogP contribution in [-0.4, -0.2) is 83.7 Å². The summed E-state index contributed by atoms with van der Waals surface area (Å²) in [4.78, 5) is 37.5. The molecule has 228 valence electrons. The Morgan fingerprint density at radius 2 is 1.90 bits per heavy atom. The molecule has 0 aromatic carbocycles. The maximum absolute atomic E-state index is 13.3. The van der Waals surface area contributed by atoms with Crippen molar-refractivity contribution in [3.05, 3.63) is 17.6 Å². The number of carbonyl (C=O) groups is 2. The number of nitrogens with one attached hydrogen (secondary N) is 2. The zero-order chi connectivity index (χ0) is 29.9. The van der Waals surface area contributed by atoms with Gasteiger partial charge in [0.05, 0.1) is 17.1 Å². The van der Waals surface area contributed by atoms with Gasteiger partial charge in [-0.25, -0.2) is 9.97 Å². The zero-order valence-electron chi connectivity index (χ0n) is 26.3. The summed E-state index contributed by atoms with van der Waals surface area (Å²) >= 11 is 0. The fraction of sp³-hybridized carbons (Fsp3) is 0.806. The fourth-order valence-electron chi connectivity index (χ4n) is 4.72. The number of aliphatic hydroxyl groups is 1. The maximum atomic E-state index is 13.3. The third-order valence-electron chi connectivity index (χ3n) is 7.81. The minimum atomic E-state index is -0.684. The maximum Gasteiger partial charge on any atom is 0.226 e. The highest BCUT2D eigenvalue weighted by atomic mass is 16.5. The Kier molecular flexibility index (Phi) is 13.5. The molecule has 3 N–H and O–H groups in total. The Labute approximate surface area is 242 Å². The molecule has 1 amide bonds. The highest BCUT2D eigenvalue weighted by molar-refractivity contribution is 6.00. The molecule has 1 aromatic rings. The van der Waals surface area contributed by atoms with Crippen molar-refractivity contribution in [2.24, 2.45) is 17.8 Å². The van der Waals surface area contributed by atoms with E-state index in [1.807, 2.05) is 32.6 Å². The molecule has 40 heavy (non-hydrogen) atoms. The van der Waals surface area contributed by atoms with E-state index in [-0.39, 0.29) is 28.9 Å². The molecular weight excluding hydrogens is 506 g/mol. The van der Waals surface area contributed by atoms with Gasteiger partial charge in [-0.3, -0.25) is 9.59 Å². The number of carbonyl (C=O) groups excluding carboxylic acids is 2. The van der Waals surface area contributed by atoms with Crippen LogP contribution in [0.25, 0.3) is 0 Å². The van der Waals surface area contributed by atoms with Crippen LogP contribution in [0.1, 0.15) is 103 Å². The van der Waals surface area contributed by atoms with Crippen molar-refractivity contribution in [2.45, 2.75) is 98.0 Å². The standard InChI is InChI=1S/C26H43N5O4.C5H12/c1-25(2,3)24-29-17-20(22(30-24)28-9-6-12-35-5)21(32)14-18-13-19(16-27-15-18)23(33)31-10-7-26(4,34)8-11-31;1-4-5(2)3/h17-19,27,34H,6-16H2,1-5H3,(H,28,29,30);5H,4H2,1-3H3. The lowest BCUT2D eigenvalue weighted by atomic mass is 9.84. The lowest BCUT2D eigenvalue weighted by Crippen LogP contribution is -2.50. The third kappa shape index (κ3) is 11.1. The molecule has 2 unspecified atom stereocenters. The zero-order valence-corrected chi connectivity index (χ0v) is 26.3. The summed E-state index contributed by atoms with van der Waals surface area (Å²) in [6.07, 6.45) is 5.99. The van der Waals surface area contributed by atoms with Crippen molar-refractivity contribution in [3.63, 3.8) is 0 Å². The highest BCUT2D eigenvalue weighted by Gasteiger charge is 2.35. The van der Waals surface area contributed by atoms with Crippen LogP contribution >= 0.6 is 0 Å². The van der Waals surface area contributed by atoms with Gasteiger partial charge in [-0.05, 0) is 51.0 Å². The number of rotatable bonds is 10. The minimum Gasteiger partial charge on any atom is -0.390 e. The quantitative estimate of drug-likeness (QED) is 0.283.